The molecule has 2 fully saturated rings. The zero-order valence-electron chi connectivity index (χ0n) is 13.1. The number of likely N-dealkylation sites (tertiary alicyclic amines) is 1. The molecule has 1 atom stereocenters. The number of ether oxygens (including phenoxy) is 1. The van der Waals surface area contributed by atoms with E-state index in [9.17, 15) is 4.79 Å². The minimum atomic E-state index is 0.0359. The Morgan fingerprint density at radius 2 is 2.23 bits per heavy atom. The first-order valence-corrected chi connectivity index (χ1v) is 7.91. The van der Waals surface area contributed by atoms with Crippen molar-refractivity contribution in [3.8, 4) is 0 Å². The normalized spacial score (nSPS) is 23.5. The van der Waals surface area contributed by atoms with E-state index < -0.39 is 0 Å². The van der Waals surface area contributed by atoms with Gasteiger partial charge in [0, 0.05) is 32.7 Å². The van der Waals surface area contributed by atoms with Gasteiger partial charge in [-0.3, -0.25) is 9.58 Å². The van der Waals surface area contributed by atoms with Crippen molar-refractivity contribution >= 4 is 6.03 Å². The van der Waals surface area contributed by atoms with Crippen molar-refractivity contribution in [2.24, 2.45) is 7.05 Å². The molecule has 0 aliphatic carbocycles. The molecule has 1 aromatic heterocycles. The number of nitrogens with one attached hydrogen (secondary N) is 1. The van der Waals surface area contributed by atoms with Gasteiger partial charge in [-0.25, -0.2) is 9.78 Å². The monoisotopic (exact) mass is 308 g/mol. The Hall–Kier alpha value is -1.67. The van der Waals surface area contributed by atoms with E-state index in [-0.39, 0.29) is 12.1 Å². The van der Waals surface area contributed by atoms with Crippen molar-refractivity contribution in [1.29, 1.82) is 0 Å². The first-order chi connectivity index (χ1) is 10.7. The van der Waals surface area contributed by atoms with Crippen LogP contribution in [0, 0.1) is 0 Å². The highest BCUT2D eigenvalue weighted by molar-refractivity contribution is 5.74. The summed E-state index contributed by atoms with van der Waals surface area (Å²) in [6, 6.07) is 0.242. The zero-order chi connectivity index (χ0) is 15.4. The maximum atomic E-state index is 12.3. The van der Waals surface area contributed by atoms with Gasteiger partial charge in [0.05, 0.1) is 19.8 Å². The number of nitrogens with zero attached hydrogens (tertiary/aromatic N) is 5. The minimum Gasteiger partial charge on any atom is -0.378 e. The molecule has 3 rings (SSSR count). The van der Waals surface area contributed by atoms with Crippen molar-refractivity contribution in [2.75, 3.05) is 39.4 Å². The molecule has 1 unspecified atom stereocenters. The Kier molecular flexibility index (Phi) is 4.89. The van der Waals surface area contributed by atoms with Gasteiger partial charge in [0.2, 0.25) is 0 Å². The maximum Gasteiger partial charge on any atom is 0.317 e. The van der Waals surface area contributed by atoms with Gasteiger partial charge in [0.1, 0.15) is 12.2 Å². The fourth-order valence-electron chi connectivity index (χ4n) is 3.01. The van der Waals surface area contributed by atoms with Gasteiger partial charge in [0.25, 0.3) is 0 Å². The van der Waals surface area contributed by atoms with Crippen LogP contribution < -0.4 is 5.32 Å². The van der Waals surface area contributed by atoms with Crippen LogP contribution in [0.25, 0.3) is 0 Å². The molecule has 0 aromatic carbocycles. The van der Waals surface area contributed by atoms with Crippen molar-refractivity contribution in [3.63, 3.8) is 0 Å². The summed E-state index contributed by atoms with van der Waals surface area (Å²) >= 11 is 0. The number of amides is 2. The number of piperidine rings is 1. The third-order valence-corrected chi connectivity index (χ3v) is 4.30. The van der Waals surface area contributed by atoms with Gasteiger partial charge >= 0.3 is 6.03 Å². The lowest BCUT2D eigenvalue weighted by molar-refractivity contribution is 0.0513. The van der Waals surface area contributed by atoms with Crippen LogP contribution in [0.4, 0.5) is 4.79 Å². The Labute approximate surface area is 130 Å². The number of rotatable bonds is 3. The first kappa shape index (κ1) is 15.2. The number of carbonyl (C=O) groups is 1. The highest BCUT2D eigenvalue weighted by atomic mass is 16.5. The van der Waals surface area contributed by atoms with E-state index in [0.717, 1.165) is 38.3 Å². The third-order valence-electron chi connectivity index (χ3n) is 4.30. The van der Waals surface area contributed by atoms with E-state index in [4.69, 9.17) is 4.74 Å². The predicted octanol–water partition coefficient (Wildman–Crippen LogP) is -0.179. The summed E-state index contributed by atoms with van der Waals surface area (Å²) in [6.45, 7) is 5.31. The molecule has 2 aliphatic rings. The van der Waals surface area contributed by atoms with Gasteiger partial charge in [-0.1, -0.05) is 0 Å². The number of hydrogen-bond acceptors (Lipinski definition) is 5. The Balaban J connectivity index is 1.50. The van der Waals surface area contributed by atoms with Gasteiger partial charge in [-0.05, 0) is 19.4 Å². The quantitative estimate of drug-likeness (QED) is 0.838. The largest absolute Gasteiger partial charge is 0.378 e. The van der Waals surface area contributed by atoms with E-state index in [1.165, 1.54) is 0 Å². The van der Waals surface area contributed by atoms with Crippen molar-refractivity contribution < 1.29 is 9.53 Å². The van der Waals surface area contributed by atoms with Crippen LogP contribution in [0.2, 0.25) is 0 Å². The number of hydrogen-bond donors (Lipinski definition) is 1. The van der Waals surface area contributed by atoms with E-state index in [1.54, 1.807) is 11.0 Å². The fraction of sp³-hybridized carbons (Fsp3) is 0.786. The molecule has 0 saturated carbocycles. The highest BCUT2D eigenvalue weighted by Crippen LogP contribution is 2.13. The van der Waals surface area contributed by atoms with Crippen molar-refractivity contribution in [2.45, 2.75) is 25.4 Å². The standard InChI is InChI=1S/C14H24N6O2/c1-18-13(15-11-16-18)10-19-4-2-3-12(9-19)17-14(21)20-5-7-22-8-6-20/h11-12H,2-10H2,1H3,(H,17,21). The van der Waals surface area contributed by atoms with Crippen LogP contribution in [0.5, 0.6) is 0 Å². The number of carbonyl (C=O) groups excluding carboxylic acids is 1. The van der Waals surface area contributed by atoms with Crippen molar-refractivity contribution in [3.05, 3.63) is 12.2 Å². The molecule has 8 heteroatoms. The van der Waals surface area contributed by atoms with Crippen LogP contribution in [0.15, 0.2) is 6.33 Å². The lowest BCUT2D eigenvalue weighted by Crippen LogP contribution is -2.53. The summed E-state index contributed by atoms with van der Waals surface area (Å²) in [6.07, 6.45) is 3.70. The highest BCUT2D eigenvalue weighted by Gasteiger charge is 2.25. The summed E-state index contributed by atoms with van der Waals surface area (Å²) in [7, 11) is 1.91. The van der Waals surface area contributed by atoms with Gasteiger partial charge in [0.15, 0.2) is 0 Å². The molecule has 1 N–H and O–H groups in total. The molecular weight excluding hydrogens is 284 g/mol. The molecule has 1 aromatic rings. The summed E-state index contributed by atoms with van der Waals surface area (Å²) in [4.78, 5) is 20.7. The molecule has 2 aliphatic heterocycles. The molecule has 122 valence electrons. The molecule has 0 radical (unpaired) electrons. The number of aromatic nitrogens is 3. The van der Waals surface area contributed by atoms with Gasteiger partial charge < -0.3 is 15.0 Å². The summed E-state index contributed by atoms with van der Waals surface area (Å²) in [5.41, 5.74) is 0. The van der Waals surface area contributed by atoms with Crippen LogP contribution >= 0.6 is 0 Å². The van der Waals surface area contributed by atoms with E-state index >= 15 is 0 Å². The van der Waals surface area contributed by atoms with Gasteiger partial charge in [-0.2, -0.15) is 5.10 Å². The third kappa shape index (κ3) is 3.75. The predicted molar refractivity (Wildman–Crippen MR) is 80.2 cm³/mol. The molecule has 2 saturated heterocycles. The van der Waals surface area contributed by atoms with Crippen LogP contribution in [-0.4, -0.2) is 76.0 Å². The van der Waals surface area contributed by atoms with Crippen LogP contribution in [-0.2, 0) is 18.3 Å². The van der Waals surface area contributed by atoms with Crippen molar-refractivity contribution in [1.82, 2.24) is 29.9 Å². The maximum absolute atomic E-state index is 12.3. The first-order valence-electron chi connectivity index (χ1n) is 7.91. The second kappa shape index (κ2) is 7.06. The number of urea groups is 1. The van der Waals surface area contributed by atoms with Crippen LogP contribution in [0.3, 0.4) is 0 Å². The minimum absolute atomic E-state index is 0.0359. The van der Waals surface area contributed by atoms with E-state index in [2.05, 4.69) is 20.3 Å². The zero-order valence-corrected chi connectivity index (χ0v) is 13.1. The lowest BCUT2D eigenvalue weighted by atomic mass is 10.1. The summed E-state index contributed by atoms with van der Waals surface area (Å²) in [5, 5.41) is 7.26. The molecule has 3 heterocycles. The van der Waals surface area contributed by atoms with E-state index in [1.807, 2.05) is 11.9 Å². The lowest BCUT2D eigenvalue weighted by Gasteiger charge is -2.35. The topological polar surface area (TPSA) is 75.5 Å². The van der Waals surface area contributed by atoms with Crippen LogP contribution in [0.1, 0.15) is 18.7 Å². The second-order valence-electron chi connectivity index (χ2n) is 5.92. The van der Waals surface area contributed by atoms with Gasteiger partial charge in [-0.15, -0.1) is 0 Å². The molecule has 0 bridgehead atoms. The molecule has 22 heavy (non-hydrogen) atoms. The molecule has 0 spiro atoms. The fourth-order valence-corrected chi connectivity index (χ4v) is 3.01. The number of morpholine rings is 1. The Bertz CT molecular complexity index is 499. The molecule has 2 amide bonds. The van der Waals surface area contributed by atoms with E-state index in [0.29, 0.717) is 26.3 Å². The SMILES string of the molecule is Cn1ncnc1CN1CCCC(NC(=O)N2CCOCC2)C1. The number of aryl methyl sites for hydroxylation is 1. The average Bonchev–Trinajstić information content (AvgIpc) is 2.94. The summed E-state index contributed by atoms with van der Waals surface area (Å²) in [5.74, 6) is 0.958. The molecular formula is C14H24N6O2. The molecule has 8 nitrogen and oxygen atoms in total. The second-order valence-corrected chi connectivity index (χ2v) is 5.92. The summed E-state index contributed by atoms with van der Waals surface area (Å²) < 4.78 is 7.08. The average molecular weight is 308 g/mol. The Morgan fingerprint density at radius 1 is 1.41 bits per heavy atom. The smallest absolute Gasteiger partial charge is 0.317 e. The Morgan fingerprint density at radius 3 is 2.95 bits per heavy atom.